The molecule has 0 bridgehead atoms. The molecule has 1 saturated carbocycles. The molecule has 4 heterocycles. The van der Waals surface area contributed by atoms with Crippen molar-refractivity contribution in [2.24, 2.45) is 0 Å². The van der Waals surface area contributed by atoms with Gasteiger partial charge in [-0.25, -0.2) is 4.98 Å². The van der Waals surface area contributed by atoms with E-state index in [2.05, 4.69) is 31.2 Å². The third-order valence-corrected chi connectivity index (χ3v) is 11.3. The minimum absolute atomic E-state index is 0.125. The first kappa shape index (κ1) is 43.1. The number of fused-ring (bicyclic) bond motifs is 2. The number of hydrogen-bond donors (Lipinski definition) is 4. The van der Waals surface area contributed by atoms with Crippen molar-refractivity contribution in [1.29, 1.82) is 0 Å². The number of benzene rings is 2. The Morgan fingerprint density at radius 3 is 2.49 bits per heavy atom. The van der Waals surface area contributed by atoms with Gasteiger partial charge in [0.2, 0.25) is 17.8 Å². The van der Waals surface area contributed by atoms with Gasteiger partial charge in [-0.15, -0.1) is 0 Å². The molecule has 4 N–H and O–H groups in total. The van der Waals surface area contributed by atoms with E-state index in [4.69, 9.17) is 14.2 Å². The summed E-state index contributed by atoms with van der Waals surface area (Å²) in [5.74, 6) is -5.44. The number of anilines is 5. The number of ether oxygens (including phenoxy) is 3. The van der Waals surface area contributed by atoms with Gasteiger partial charge in [-0.1, -0.05) is 18.9 Å². The number of carbonyl (C=O) groups is 5. The summed E-state index contributed by atoms with van der Waals surface area (Å²) in [5.41, 5.74) is 3.20. The molecule has 3 aliphatic heterocycles. The standard InChI is InChI=1S/C42H51F2N9O8/c1-51-33-23-47-41(50-36(33)53(27-8-3-4-9-27)25-42(43,44)40(51)58)48-31-13-12-26(22-34(31)59-2)37(55)46-16-6-18-60-19-7-20-61-21-17-45-30-11-5-10-28-29(30)24-52(39(28)57)32-14-15-35(54)49-38(32)56/h5,10-13,22-23,27,32,45H,3-4,6-9,14-21,24-25H2,1-2H3,(H,46,55)(H,47,48,50)(H,49,54,56). The molecule has 4 aliphatic rings. The van der Waals surface area contributed by atoms with Gasteiger partial charge in [0.1, 0.15) is 17.5 Å². The number of nitrogens with one attached hydrogen (secondary N) is 4. The molecule has 61 heavy (non-hydrogen) atoms. The lowest BCUT2D eigenvalue weighted by Crippen LogP contribution is -2.52. The molecule has 5 amide bonds. The van der Waals surface area contributed by atoms with Crippen molar-refractivity contribution >= 4 is 58.4 Å². The molecule has 1 atom stereocenters. The van der Waals surface area contributed by atoms with E-state index in [-0.39, 0.29) is 47.6 Å². The van der Waals surface area contributed by atoms with E-state index in [1.54, 1.807) is 30.3 Å². The van der Waals surface area contributed by atoms with Crippen LogP contribution in [0, 0.1) is 0 Å². The molecule has 1 aromatic heterocycles. The lowest BCUT2D eigenvalue weighted by Gasteiger charge is -2.31. The molecular formula is C42H51F2N9O8. The number of amides is 5. The minimum Gasteiger partial charge on any atom is -0.495 e. The molecule has 1 saturated heterocycles. The largest absolute Gasteiger partial charge is 0.495 e. The van der Waals surface area contributed by atoms with Crippen molar-refractivity contribution in [3.63, 3.8) is 0 Å². The Bertz CT molecular complexity index is 2140. The lowest BCUT2D eigenvalue weighted by molar-refractivity contribution is -0.140. The van der Waals surface area contributed by atoms with E-state index in [0.717, 1.165) is 41.8 Å². The summed E-state index contributed by atoms with van der Waals surface area (Å²) in [5, 5.41) is 11.6. The highest BCUT2D eigenvalue weighted by molar-refractivity contribution is 6.06. The van der Waals surface area contributed by atoms with Crippen LogP contribution in [0.1, 0.15) is 77.6 Å². The number of methoxy groups -OCH3 is 1. The predicted molar refractivity (Wildman–Crippen MR) is 220 cm³/mol. The molecule has 19 heteroatoms. The summed E-state index contributed by atoms with van der Waals surface area (Å²) in [6, 6.07) is 9.45. The highest BCUT2D eigenvalue weighted by Gasteiger charge is 2.49. The zero-order valence-corrected chi connectivity index (χ0v) is 34.3. The third kappa shape index (κ3) is 9.83. The number of nitrogens with zero attached hydrogens (tertiary/aromatic N) is 5. The van der Waals surface area contributed by atoms with Gasteiger partial charge >= 0.3 is 5.92 Å². The van der Waals surface area contributed by atoms with Crippen molar-refractivity contribution < 1.29 is 47.0 Å². The summed E-state index contributed by atoms with van der Waals surface area (Å²) in [6.45, 7) is 2.31. The Kier molecular flexibility index (Phi) is 13.6. The van der Waals surface area contributed by atoms with Gasteiger partial charge in [-0.3, -0.25) is 29.3 Å². The van der Waals surface area contributed by atoms with E-state index in [9.17, 15) is 32.8 Å². The highest BCUT2D eigenvalue weighted by atomic mass is 19.3. The van der Waals surface area contributed by atoms with Crippen LogP contribution in [-0.2, 0) is 30.4 Å². The average molecular weight is 848 g/mol. The van der Waals surface area contributed by atoms with Gasteiger partial charge in [-0.2, -0.15) is 13.8 Å². The summed E-state index contributed by atoms with van der Waals surface area (Å²) in [7, 11) is 2.77. The van der Waals surface area contributed by atoms with Crippen LogP contribution in [-0.4, -0.2) is 123 Å². The Balaban J connectivity index is 0.796. The zero-order valence-electron chi connectivity index (χ0n) is 34.3. The van der Waals surface area contributed by atoms with Crippen molar-refractivity contribution in [3.05, 3.63) is 59.3 Å². The topological polar surface area (TPSA) is 197 Å². The average Bonchev–Trinajstić information content (AvgIpc) is 3.90. The van der Waals surface area contributed by atoms with Crippen molar-refractivity contribution in [3.8, 4) is 5.75 Å². The van der Waals surface area contributed by atoms with Gasteiger partial charge in [0.25, 0.3) is 17.7 Å². The van der Waals surface area contributed by atoms with E-state index >= 15 is 0 Å². The van der Waals surface area contributed by atoms with Gasteiger partial charge in [0.15, 0.2) is 5.82 Å². The van der Waals surface area contributed by atoms with Crippen LogP contribution in [0.25, 0.3) is 0 Å². The third-order valence-electron chi connectivity index (χ3n) is 11.3. The van der Waals surface area contributed by atoms with Crippen molar-refractivity contribution in [1.82, 2.24) is 25.5 Å². The van der Waals surface area contributed by atoms with E-state index < -0.39 is 30.3 Å². The maximum Gasteiger partial charge on any atom is 0.342 e. The Morgan fingerprint density at radius 1 is 0.951 bits per heavy atom. The highest BCUT2D eigenvalue weighted by Crippen LogP contribution is 2.40. The molecule has 0 radical (unpaired) electrons. The van der Waals surface area contributed by atoms with E-state index in [1.807, 2.05) is 6.07 Å². The molecule has 0 spiro atoms. The van der Waals surface area contributed by atoms with Crippen molar-refractivity contribution in [2.45, 2.75) is 75.9 Å². The maximum absolute atomic E-state index is 15.0. The number of aromatic nitrogens is 2. The van der Waals surface area contributed by atoms with Gasteiger partial charge in [0.05, 0.1) is 32.1 Å². The molecule has 17 nitrogen and oxygen atoms in total. The lowest BCUT2D eigenvalue weighted by atomic mass is 10.0. The first-order chi connectivity index (χ1) is 29.4. The predicted octanol–water partition coefficient (Wildman–Crippen LogP) is 4.01. The van der Waals surface area contributed by atoms with Crippen LogP contribution in [0.3, 0.4) is 0 Å². The maximum atomic E-state index is 15.0. The van der Waals surface area contributed by atoms with Gasteiger partial charge in [-0.05, 0) is 62.4 Å². The number of piperidine rings is 1. The summed E-state index contributed by atoms with van der Waals surface area (Å²) >= 11 is 0. The summed E-state index contributed by atoms with van der Waals surface area (Å²) in [4.78, 5) is 75.4. The summed E-state index contributed by atoms with van der Waals surface area (Å²) < 4.78 is 47.0. The SMILES string of the molecule is COc1cc(C(=O)NCCCOCCCOCCNc2cccc3c2CN(C2CCC(=O)NC2=O)C3=O)ccc1Nc1ncc2c(n1)N(C1CCCC1)CC(F)(F)C(=O)N2C. The van der Waals surface area contributed by atoms with Crippen LogP contribution < -0.4 is 35.8 Å². The van der Waals surface area contributed by atoms with Crippen LogP contribution in [0.2, 0.25) is 0 Å². The fraction of sp³-hybridized carbons (Fsp3) is 0.500. The second kappa shape index (κ2) is 19.2. The normalized spacial score (nSPS) is 18.8. The molecule has 2 aromatic carbocycles. The van der Waals surface area contributed by atoms with Crippen LogP contribution in [0.4, 0.5) is 37.6 Å². The molecule has 1 unspecified atom stereocenters. The van der Waals surface area contributed by atoms with E-state index in [0.29, 0.717) is 87.9 Å². The Hall–Kier alpha value is -5.95. The monoisotopic (exact) mass is 847 g/mol. The fourth-order valence-electron chi connectivity index (χ4n) is 8.11. The Morgan fingerprint density at radius 2 is 1.72 bits per heavy atom. The minimum atomic E-state index is -3.58. The Labute approximate surface area is 351 Å². The molecular weight excluding hydrogens is 797 g/mol. The number of imide groups is 1. The summed E-state index contributed by atoms with van der Waals surface area (Å²) in [6.07, 6.45) is 6.43. The second-order valence-corrected chi connectivity index (χ2v) is 15.4. The number of alkyl halides is 2. The molecule has 3 aromatic rings. The number of halogens is 2. The smallest absolute Gasteiger partial charge is 0.342 e. The van der Waals surface area contributed by atoms with Gasteiger partial charge < -0.3 is 44.9 Å². The second-order valence-electron chi connectivity index (χ2n) is 15.4. The number of rotatable bonds is 18. The van der Waals surface area contributed by atoms with Crippen LogP contribution >= 0.6 is 0 Å². The van der Waals surface area contributed by atoms with Crippen molar-refractivity contribution in [2.75, 3.05) is 80.7 Å². The first-order valence-electron chi connectivity index (χ1n) is 20.6. The van der Waals surface area contributed by atoms with E-state index in [1.165, 1.54) is 30.2 Å². The quantitative estimate of drug-likeness (QED) is 0.106. The molecule has 1 aliphatic carbocycles. The first-order valence-corrected chi connectivity index (χ1v) is 20.6. The van der Waals surface area contributed by atoms with Crippen LogP contribution in [0.5, 0.6) is 5.75 Å². The molecule has 326 valence electrons. The zero-order chi connectivity index (χ0) is 43.1. The number of hydrogen-bond acceptors (Lipinski definition) is 13. The fourth-order valence-corrected chi connectivity index (χ4v) is 8.11. The van der Waals surface area contributed by atoms with Crippen LogP contribution in [0.15, 0.2) is 42.6 Å². The molecule has 2 fully saturated rings. The number of carbonyl (C=O) groups excluding carboxylic acids is 5. The molecule has 7 rings (SSSR count). The van der Waals surface area contributed by atoms with Gasteiger partial charge in [0, 0.05) is 81.3 Å².